The molecule has 1 atom stereocenters. The van der Waals surface area contributed by atoms with Gasteiger partial charge in [-0.15, -0.1) is 0 Å². The molecule has 0 fully saturated rings. The molecule has 0 unspecified atom stereocenters. The number of hydrogen-bond acceptors (Lipinski definition) is 4. The highest BCUT2D eigenvalue weighted by Crippen LogP contribution is 2.47. The zero-order valence-corrected chi connectivity index (χ0v) is 9.67. The Bertz CT molecular complexity index is 529. The summed E-state index contributed by atoms with van der Waals surface area (Å²) in [6.07, 6.45) is -5.37. The average molecular weight is 277 g/mol. The van der Waals surface area contributed by atoms with E-state index in [0.29, 0.717) is 0 Å². The maximum atomic E-state index is 13.7. The number of nitrogens with zero attached hydrogens (tertiary/aromatic N) is 1. The Morgan fingerprint density at radius 3 is 2.53 bits per heavy atom. The van der Waals surface area contributed by atoms with Crippen molar-refractivity contribution < 1.29 is 22.3 Å². The molecule has 0 radical (unpaired) electrons. The molecule has 8 heteroatoms. The molecular weight excluding hydrogens is 266 g/mol. The maximum absolute atomic E-state index is 13.7. The Morgan fingerprint density at radius 2 is 1.95 bits per heavy atom. The minimum atomic E-state index is -4.81. The van der Waals surface area contributed by atoms with Crippen LogP contribution in [0.1, 0.15) is 12.0 Å². The quantitative estimate of drug-likeness (QED) is 0.608. The van der Waals surface area contributed by atoms with Gasteiger partial charge in [-0.05, 0) is 18.2 Å². The molecule has 0 amide bonds. The van der Waals surface area contributed by atoms with Crippen molar-refractivity contribution in [1.82, 2.24) is 0 Å². The molecule has 0 saturated heterocycles. The molecule has 1 aliphatic rings. The fraction of sp³-hybridized carbons (Fsp3) is 0.364. The monoisotopic (exact) mass is 277 g/mol. The van der Waals surface area contributed by atoms with Crippen molar-refractivity contribution in [2.45, 2.75) is 18.1 Å². The molecule has 1 aromatic carbocycles. The summed E-state index contributed by atoms with van der Waals surface area (Å²) in [6.45, 7) is -0.302. The van der Waals surface area contributed by atoms with Gasteiger partial charge in [0.15, 0.2) is 5.54 Å². The van der Waals surface area contributed by atoms with Crippen LogP contribution in [0.2, 0.25) is 0 Å². The maximum Gasteiger partial charge on any atom is 0.418 e. The summed E-state index contributed by atoms with van der Waals surface area (Å²) in [5.41, 5.74) is 7.24. The first-order valence-corrected chi connectivity index (χ1v) is 5.36. The van der Waals surface area contributed by atoms with Gasteiger partial charge in [0.05, 0.1) is 6.61 Å². The number of nitrogen functional groups attached to an aromatic ring is 1. The van der Waals surface area contributed by atoms with Crippen LogP contribution in [0, 0.1) is 5.82 Å². The summed E-state index contributed by atoms with van der Waals surface area (Å²) in [6, 6.07) is 2.35. The Kier molecular flexibility index (Phi) is 3.03. The van der Waals surface area contributed by atoms with Gasteiger partial charge < -0.3 is 16.2 Å². The van der Waals surface area contributed by atoms with Crippen LogP contribution in [0.5, 0.6) is 0 Å². The van der Waals surface area contributed by atoms with Gasteiger partial charge in [-0.2, -0.15) is 13.2 Å². The van der Waals surface area contributed by atoms with Crippen molar-refractivity contribution in [3.05, 3.63) is 29.6 Å². The molecule has 0 bridgehead atoms. The summed E-state index contributed by atoms with van der Waals surface area (Å²) in [4.78, 5) is 3.31. The first-order valence-electron chi connectivity index (χ1n) is 5.36. The lowest BCUT2D eigenvalue weighted by Crippen LogP contribution is -2.47. The van der Waals surface area contributed by atoms with Gasteiger partial charge in [-0.3, -0.25) is 0 Å². The standard InChI is InChI=1S/C11H11F4N3O/c12-8-2-1-6(16)5-7(8)10(11(13,14)15)3-4-19-9(17)18-10/h1-2,5H,3-4,16H2,(H2,17,18)/t10-/m0/s1. The molecule has 1 heterocycles. The number of rotatable bonds is 1. The number of benzene rings is 1. The van der Waals surface area contributed by atoms with Gasteiger partial charge in [0.2, 0.25) is 0 Å². The average Bonchev–Trinajstić information content (AvgIpc) is 2.30. The third kappa shape index (κ3) is 2.18. The van der Waals surface area contributed by atoms with Crippen LogP contribution >= 0.6 is 0 Å². The summed E-state index contributed by atoms with van der Waals surface area (Å²) in [5.74, 6) is -1.04. The largest absolute Gasteiger partial charge is 0.465 e. The van der Waals surface area contributed by atoms with E-state index in [9.17, 15) is 17.6 Å². The van der Waals surface area contributed by atoms with Crippen LogP contribution < -0.4 is 11.5 Å². The molecule has 0 aromatic heterocycles. The number of halogens is 4. The van der Waals surface area contributed by atoms with Crippen molar-refractivity contribution in [3.63, 3.8) is 0 Å². The molecule has 2 rings (SSSR count). The predicted octanol–water partition coefficient (Wildman–Crippen LogP) is 1.90. The zero-order valence-electron chi connectivity index (χ0n) is 9.67. The summed E-state index contributed by atoms with van der Waals surface area (Å²) in [5, 5.41) is 0. The topological polar surface area (TPSA) is 73.6 Å². The summed E-state index contributed by atoms with van der Waals surface area (Å²) < 4.78 is 58.5. The van der Waals surface area contributed by atoms with E-state index in [4.69, 9.17) is 16.2 Å². The van der Waals surface area contributed by atoms with Crippen LogP contribution in [0.3, 0.4) is 0 Å². The van der Waals surface area contributed by atoms with Crippen LogP contribution in [0.25, 0.3) is 0 Å². The van der Waals surface area contributed by atoms with Crippen LogP contribution in [-0.4, -0.2) is 18.8 Å². The van der Waals surface area contributed by atoms with E-state index in [1.54, 1.807) is 0 Å². The number of amidine groups is 1. The normalized spacial score (nSPS) is 23.7. The molecule has 1 aliphatic heterocycles. The Balaban J connectivity index is 2.69. The Hall–Kier alpha value is -1.99. The molecule has 1 aromatic rings. The number of ether oxygens (including phenoxy) is 1. The molecule has 4 N–H and O–H groups in total. The third-order valence-electron chi connectivity index (χ3n) is 2.92. The van der Waals surface area contributed by atoms with Crippen molar-refractivity contribution >= 4 is 11.7 Å². The van der Waals surface area contributed by atoms with Crippen molar-refractivity contribution in [2.75, 3.05) is 12.3 Å². The highest BCUT2D eigenvalue weighted by molar-refractivity contribution is 5.73. The van der Waals surface area contributed by atoms with Crippen LogP contribution in [0.4, 0.5) is 23.2 Å². The molecular formula is C11H11F4N3O. The predicted molar refractivity (Wildman–Crippen MR) is 60.7 cm³/mol. The number of hydrogen-bond donors (Lipinski definition) is 2. The second-order valence-electron chi connectivity index (χ2n) is 4.15. The van der Waals surface area contributed by atoms with Gasteiger partial charge >= 0.3 is 6.18 Å². The second kappa shape index (κ2) is 4.29. The zero-order chi connectivity index (χ0) is 14.3. The van der Waals surface area contributed by atoms with Gasteiger partial charge in [0, 0.05) is 17.7 Å². The van der Waals surface area contributed by atoms with Gasteiger partial charge in [-0.1, -0.05) is 0 Å². The fourth-order valence-electron chi connectivity index (χ4n) is 1.99. The molecule has 0 saturated carbocycles. The first-order chi connectivity index (χ1) is 8.76. The minimum absolute atomic E-state index is 0.0142. The van der Waals surface area contributed by atoms with Gasteiger partial charge in [-0.25, -0.2) is 9.38 Å². The smallest absolute Gasteiger partial charge is 0.418 e. The SMILES string of the molecule is NC1=N[C@@](c2cc(N)ccc2F)(C(F)(F)F)CCO1. The lowest BCUT2D eigenvalue weighted by atomic mass is 9.85. The van der Waals surface area contributed by atoms with Crippen molar-refractivity contribution in [3.8, 4) is 0 Å². The highest BCUT2D eigenvalue weighted by Gasteiger charge is 2.58. The number of nitrogens with two attached hydrogens (primary N) is 2. The molecule has 19 heavy (non-hydrogen) atoms. The highest BCUT2D eigenvalue weighted by atomic mass is 19.4. The number of anilines is 1. The Labute approximate surface area is 106 Å². The summed E-state index contributed by atoms with van der Waals surface area (Å²) >= 11 is 0. The van der Waals surface area contributed by atoms with Crippen LogP contribution in [0.15, 0.2) is 23.2 Å². The second-order valence-corrected chi connectivity index (χ2v) is 4.15. The van der Waals surface area contributed by atoms with E-state index in [1.807, 2.05) is 0 Å². The van der Waals surface area contributed by atoms with Gasteiger partial charge in [0.25, 0.3) is 6.02 Å². The van der Waals surface area contributed by atoms with Gasteiger partial charge in [0.1, 0.15) is 5.82 Å². The van der Waals surface area contributed by atoms with E-state index in [2.05, 4.69) is 4.99 Å². The number of aliphatic imine (C=N–C) groups is 1. The van der Waals surface area contributed by atoms with Crippen molar-refractivity contribution in [1.29, 1.82) is 0 Å². The molecule has 0 aliphatic carbocycles. The minimum Gasteiger partial charge on any atom is -0.465 e. The first kappa shape index (κ1) is 13.4. The van der Waals surface area contributed by atoms with E-state index >= 15 is 0 Å². The van der Waals surface area contributed by atoms with E-state index in [1.165, 1.54) is 6.07 Å². The van der Waals surface area contributed by atoms with E-state index in [0.717, 1.165) is 12.1 Å². The van der Waals surface area contributed by atoms with E-state index in [-0.39, 0.29) is 12.3 Å². The van der Waals surface area contributed by atoms with Crippen LogP contribution in [-0.2, 0) is 10.3 Å². The molecule has 104 valence electrons. The van der Waals surface area contributed by atoms with E-state index < -0.39 is 35.5 Å². The summed E-state index contributed by atoms with van der Waals surface area (Å²) in [7, 11) is 0. The molecule has 4 nitrogen and oxygen atoms in total. The molecule has 0 spiro atoms. The lowest BCUT2D eigenvalue weighted by molar-refractivity contribution is -0.196. The lowest BCUT2D eigenvalue weighted by Gasteiger charge is -2.35. The van der Waals surface area contributed by atoms with Crippen molar-refractivity contribution in [2.24, 2.45) is 10.7 Å². The third-order valence-corrected chi connectivity index (χ3v) is 2.92. The Morgan fingerprint density at radius 1 is 1.26 bits per heavy atom. The number of alkyl halides is 3. The fourth-order valence-corrected chi connectivity index (χ4v) is 1.99.